The van der Waals surface area contributed by atoms with Crippen molar-refractivity contribution in [3.8, 4) is 5.75 Å². The number of hydrogen-bond acceptors (Lipinski definition) is 6. The number of esters is 1. The molecule has 2 aromatic carbocycles. The number of piperidine rings is 1. The maximum absolute atomic E-state index is 14.7. The molecule has 1 heterocycles. The zero-order chi connectivity index (χ0) is 27.6. The van der Waals surface area contributed by atoms with Crippen molar-refractivity contribution in [3.63, 3.8) is 0 Å². The van der Waals surface area contributed by atoms with E-state index in [-0.39, 0.29) is 42.6 Å². The summed E-state index contributed by atoms with van der Waals surface area (Å²) >= 11 is 0. The Morgan fingerprint density at radius 1 is 0.897 bits per heavy atom. The lowest BCUT2D eigenvalue weighted by atomic mass is 9.87. The van der Waals surface area contributed by atoms with E-state index in [0.29, 0.717) is 43.6 Å². The number of hydrogen-bond donors (Lipinski definition) is 2. The van der Waals surface area contributed by atoms with Crippen molar-refractivity contribution in [1.82, 2.24) is 10.6 Å². The molecule has 1 saturated heterocycles. The quantitative estimate of drug-likeness (QED) is 0.342. The Hall–Kier alpha value is -3.62. The summed E-state index contributed by atoms with van der Waals surface area (Å²) in [6.07, 6.45) is 6.25. The van der Waals surface area contributed by atoms with Gasteiger partial charge >= 0.3 is 5.97 Å². The molecule has 0 bridgehead atoms. The summed E-state index contributed by atoms with van der Waals surface area (Å²) in [6, 6.07) is 11.7. The number of amides is 2. The van der Waals surface area contributed by atoms with Gasteiger partial charge in [-0.15, -0.1) is 0 Å². The van der Waals surface area contributed by atoms with Crippen LogP contribution in [0.5, 0.6) is 5.75 Å². The highest BCUT2D eigenvalue weighted by molar-refractivity contribution is 5.95. The highest BCUT2D eigenvalue weighted by atomic mass is 19.1. The Morgan fingerprint density at radius 2 is 1.56 bits per heavy atom. The average Bonchev–Trinajstić information content (AvgIpc) is 2.96. The second-order valence-electron chi connectivity index (χ2n) is 10.1. The zero-order valence-electron chi connectivity index (χ0n) is 22.5. The maximum atomic E-state index is 14.7. The predicted molar refractivity (Wildman–Crippen MR) is 147 cm³/mol. The molecule has 8 nitrogen and oxygen atoms in total. The summed E-state index contributed by atoms with van der Waals surface area (Å²) in [7, 11) is 0. The molecule has 0 atom stereocenters. The van der Waals surface area contributed by atoms with Crippen LogP contribution < -0.4 is 20.3 Å². The number of carbonyl (C=O) groups excluding carboxylic acids is 3. The van der Waals surface area contributed by atoms with Crippen LogP contribution in [-0.2, 0) is 9.53 Å². The molecule has 1 aliphatic heterocycles. The van der Waals surface area contributed by atoms with E-state index in [1.807, 2.05) is 24.3 Å². The minimum atomic E-state index is -0.678. The van der Waals surface area contributed by atoms with E-state index < -0.39 is 11.7 Å². The van der Waals surface area contributed by atoms with Gasteiger partial charge in [-0.2, -0.15) is 0 Å². The fourth-order valence-electron chi connectivity index (χ4n) is 5.15. The van der Waals surface area contributed by atoms with Gasteiger partial charge < -0.3 is 25.0 Å². The predicted octanol–water partition coefficient (Wildman–Crippen LogP) is 4.48. The summed E-state index contributed by atoms with van der Waals surface area (Å²) in [5.74, 6) is -1.39. The van der Waals surface area contributed by atoms with Crippen LogP contribution in [0.4, 0.5) is 10.1 Å². The molecule has 210 valence electrons. The number of carbonyl (C=O) groups is 3. The van der Waals surface area contributed by atoms with Crippen LogP contribution in [0.2, 0.25) is 0 Å². The Bertz CT molecular complexity index is 1130. The van der Waals surface area contributed by atoms with Gasteiger partial charge in [0.05, 0.1) is 24.2 Å². The number of rotatable bonds is 10. The first-order valence-electron chi connectivity index (χ1n) is 14.0. The Kier molecular flexibility index (Phi) is 10.2. The highest BCUT2D eigenvalue weighted by Gasteiger charge is 2.28. The maximum Gasteiger partial charge on any atom is 0.308 e. The van der Waals surface area contributed by atoms with Crippen LogP contribution >= 0.6 is 0 Å². The van der Waals surface area contributed by atoms with Crippen molar-refractivity contribution in [2.24, 2.45) is 5.92 Å². The van der Waals surface area contributed by atoms with Crippen molar-refractivity contribution in [1.29, 1.82) is 0 Å². The Morgan fingerprint density at radius 3 is 2.21 bits per heavy atom. The molecule has 2 amide bonds. The minimum absolute atomic E-state index is 0.0898. The summed E-state index contributed by atoms with van der Waals surface area (Å²) < 4.78 is 25.6. The number of benzene rings is 2. The lowest BCUT2D eigenvalue weighted by Crippen LogP contribution is -2.35. The van der Waals surface area contributed by atoms with E-state index in [1.54, 1.807) is 13.0 Å². The molecule has 1 aliphatic carbocycles. The van der Waals surface area contributed by atoms with Crippen molar-refractivity contribution >= 4 is 23.5 Å². The first-order valence-corrected chi connectivity index (χ1v) is 14.0. The third-order valence-electron chi connectivity index (χ3n) is 7.33. The molecule has 0 aromatic heterocycles. The smallest absolute Gasteiger partial charge is 0.308 e. The van der Waals surface area contributed by atoms with Crippen LogP contribution in [0.1, 0.15) is 72.6 Å². The normalized spacial score (nSPS) is 19.2. The molecule has 0 unspecified atom stereocenters. The minimum Gasteiger partial charge on any atom is -0.490 e. The monoisotopic (exact) mass is 539 g/mol. The molecule has 2 aliphatic rings. The number of anilines is 1. The van der Waals surface area contributed by atoms with E-state index in [4.69, 9.17) is 9.47 Å². The van der Waals surface area contributed by atoms with Crippen molar-refractivity contribution < 1.29 is 28.2 Å². The van der Waals surface area contributed by atoms with Crippen molar-refractivity contribution in [3.05, 3.63) is 59.4 Å². The van der Waals surface area contributed by atoms with E-state index in [0.717, 1.165) is 18.8 Å². The molecular weight excluding hydrogens is 501 g/mol. The molecular formula is C30H38FN3O5. The van der Waals surface area contributed by atoms with Crippen molar-refractivity contribution in [2.75, 3.05) is 37.7 Å². The molecule has 2 aromatic rings. The Balaban J connectivity index is 1.18. The topological polar surface area (TPSA) is 97.0 Å². The summed E-state index contributed by atoms with van der Waals surface area (Å²) in [6.45, 7) is 4.63. The molecule has 1 saturated carbocycles. The average molecular weight is 540 g/mol. The van der Waals surface area contributed by atoms with Crippen LogP contribution in [0, 0.1) is 11.7 Å². The largest absolute Gasteiger partial charge is 0.490 e. The molecule has 2 N–H and O–H groups in total. The summed E-state index contributed by atoms with van der Waals surface area (Å²) in [5, 5.41) is 5.42. The van der Waals surface area contributed by atoms with Gasteiger partial charge in [0.1, 0.15) is 11.6 Å². The number of ether oxygens (including phenoxy) is 2. The van der Waals surface area contributed by atoms with Gasteiger partial charge in [-0.1, -0.05) is 0 Å². The zero-order valence-corrected chi connectivity index (χ0v) is 22.5. The number of halogens is 1. The van der Waals surface area contributed by atoms with E-state index in [2.05, 4.69) is 15.5 Å². The van der Waals surface area contributed by atoms with Gasteiger partial charge in [-0.3, -0.25) is 14.4 Å². The van der Waals surface area contributed by atoms with Crippen LogP contribution in [0.3, 0.4) is 0 Å². The van der Waals surface area contributed by atoms with Crippen LogP contribution in [0.25, 0.3) is 0 Å². The standard InChI is InChI=1S/C30H38FN3O5/c1-2-38-30(37)22-8-12-24(13-9-22)39-25-14-15-26(27(31)20-25)29(36)33-17-16-32-28(35)21-6-10-23(11-7-21)34-18-4-3-5-19-34/h6-7,10-11,14-15,20,22,24H,2-5,8-9,12-13,16-19H2,1H3,(H,32,35)(H,33,36)/t22-,24+. The molecule has 4 rings (SSSR count). The summed E-state index contributed by atoms with van der Waals surface area (Å²) in [4.78, 5) is 39.1. The second kappa shape index (κ2) is 14.0. The third kappa shape index (κ3) is 7.94. The van der Waals surface area contributed by atoms with E-state index >= 15 is 0 Å². The first kappa shape index (κ1) is 28.4. The van der Waals surface area contributed by atoms with E-state index in [1.165, 1.54) is 31.4 Å². The van der Waals surface area contributed by atoms with Gasteiger partial charge in [-0.05, 0) is 88.3 Å². The fraction of sp³-hybridized carbons (Fsp3) is 0.500. The lowest BCUT2D eigenvalue weighted by molar-refractivity contribution is -0.149. The number of nitrogens with zero attached hydrogens (tertiary/aromatic N) is 1. The SMILES string of the molecule is CCOC(=O)[C@H]1CC[C@@H](Oc2ccc(C(=O)NCCNC(=O)c3ccc(N4CCCCC4)cc3)c(F)c2)CC1. The van der Waals surface area contributed by atoms with Gasteiger partial charge in [0, 0.05) is 43.5 Å². The second-order valence-corrected chi connectivity index (χ2v) is 10.1. The Labute approximate surface area is 229 Å². The van der Waals surface area contributed by atoms with Gasteiger partial charge in [-0.25, -0.2) is 4.39 Å². The van der Waals surface area contributed by atoms with Gasteiger partial charge in [0.15, 0.2) is 0 Å². The van der Waals surface area contributed by atoms with Gasteiger partial charge in [0.2, 0.25) is 0 Å². The lowest BCUT2D eigenvalue weighted by Gasteiger charge is -2.28. The van der Waals surface area contributed by atoms with Crippen molar-refractivity contribution in [2.45, 2.75) is 58.0 Å². The molecule has 0 spiro atoms. The molecule has 39 heavy (non-hydrogen) atoms. The highest BCUT2D eigenvalue weighted by Crippen LogP contribution is 2.29. The molecule has 0 radical (unpaired) electrons. The van der Waals surface area contributed by atoms with E-state index in [9.17, 15) is 18.8 Å². The first-order chi connectivity index (χ1) is 18.9. The fourth-order valence-corrected chi connectivity index (χ4v) is 5.15. The van der Waals surface area contributed by atoms with Crippen LogP contribution in [-0.4, -0.2) is 56.7 Å². The third-order valence-corrected chi connectivity index (χ3v) is 7.33. The molecule has 9 heteroatoms. The van der Waals surface area contributed by atoms with Gasteiger partial charge in [0.25, 0.3) is 11.8 Å². The van der Waals surface area contributed by atoms with Crippen LogP contribution in [0.15, 0.2) is 42.5 Å². The number of nitrogens with one attached hydrogen (secondary N) is 2. The summed E-state index contributed by atoms with van der Waals surface area (Å²) in [5.41, 5.74) is 1.59. The molecule has 2 fully saturated rings.